The Kier molecular flexibility index (Phi) is 9.52. The van der Waals surface area contributed by atoms with E-state index in [0.29, 0.717) is 35.1 Å². The summed E-state index contributed by atoms with van der Waals surface area (Å²) >= 11 is 6.22. The molecule has 3 aromatic carbocycles. The standard InChI is InChI=1S/C42H43ClFN7O6/c1-41(2)39(42(3,4)40(41)57-27-8-5-23(20-45)31(43)19-27)47-35(53)29-10-7-25(18-32(29)44)48-13-15-49(16-14-48)26-21-50(22-26)24-6-9-28-30(17-24)38(56)51(37(28)55)33-11-12-34(52)46-36(33)54/h5-10,17-19,26,33,39-40H,11-16,21-22H2,1-4H3,(H,47,53)(H,46,52,54). The maximum atomic E-state index is 15.6. The summed E-state index contributed by atoms with van der Waals surface area (Å²) < 4.78 is 21.9. The van der Waals surface area contributed by atoms with E-state index in [-0.39, 0.29) is 47.7 Å². The third-order valence-corrected chi connectivity index (χ3v) is 12.8. The quantitative estimate of drug-likeness (QED) is 0.314. The number of benzene rings is 3. The molecule has 13 nitrogen and oxygen atoms in total. The van der Waals surface area contributed by atoms with Gasteiger partial charge in [0.05, 0.1) is 27.3 Å². The molecule has 5 amide bonds. The van der Waals surface area contributed by atoms with Crippen molar-refractivity contribution in [3.63, 3.8) is 0 Å². The maximum absolute atomic E-state index is 15.6. The van der Waals surface area contributed by atoms with Gasteiger partial charge in [-0.1, -0.05) is 39.3 Å². The Bertz CT molecular complexity index is 2240. The molecule has 1 aliphatic carbocycles. The smallest absolute Gasteiger partial charge is 0.262 e. The lowest BCUT2D eigenvalue weighted by Gasteiger charge is -2.63. The van der Waals surface area contributed by atoms with Crippen molar-refractivity contribution in [3.05, 3.63) is 87.7 Å². The highest BCUT2D eigenvalue weighted by atomic mass is 35.5. The van der Waals surface area contributed by atoms with Gasteiger partial charge in [0.1, 0.15) is 29.8 Å². The second-order valence-electron chi connectivity index (χ2n) is 16.7. The van der Waals surface area contributed by atoms with Crippen LogP contribution in [0.3, 0.4) is 0 Å². The van der Waals surface area contributed by atoms with Gasteiger partial charge >= 0.3 is 0 Å². The van der Waals surface area contributed by atoms with Crippen LogP contribution in [0.1, 0.15) is 77.2 Å². The number of halogens is 2. The van der Waals surface area contributed by atoms with Crippen LogP contribution in [-0.2, 0) is 9.59 Å². The third kappa shape index (κ3) is 6.56. The molecule has 4 fully saturated rings. The van der Waals surface area contributed by atoms with Crippen LogP contribution in [0.4, 0.5) is 15.8 Å². The molecule has 4 heterocycles. The van der Waals surface area contributed by atoms with Gasteiger partial charge in [0, 0.05) is 86.0 Å². The predicted octanol–water partition coefficient (Wildman–Crippen LogP) is 4.37. The van der Waals surface area contributed by atoms with Crippen molar-refractivity contribution in [2.45, 2.75) is 64.8 Å². The van der Waals surface area contributed by atoms with Gasteiger partial charge in [-0.05, 0) is 55.0 Å². The number of nitrogens with one attached hydrogen (secondary N) is 2. The molecule has 0 bridgehead atoms. The van der Waals surface area contributed by atoms with Gasteiger partial charge in [0.25, 0.3) is 17.7 Å². The largest absolute Gasteiger partial charge is 0.489 e. The number of anilines is 2. The summed E-state index contributed by atoms with van der Waals surface area (Å²) in [5.74, 6) is -2.65. The number of rotatable bonds is 8. The summed E-state index contributed by atoms with van der Waals surface area (Å²) in [6, 6.07) is 15.9. The lowest BCUT2D eigenvalue weighted by atomic mass is 9.49. The number of piperazine rings is 1. The van der Waals surface area contributed by atoms with Crippen LogP contribution < -0.4 is 25.2 Å². The van der Waals surface area contributed by atoms with Crippen LogP contribution in [-0.4, -0.2) is 103 Å². The summed E-state index contributed by atoms with van der Waals surface area (Å²) in [4.78, 5) is 71.5. The number of hydrogen-bond acceptors (Lipinski definition) is 10. The minimum Gasteiger partial charge on any atom is -0.489 e. The molecule has 2 N–H and O–H groups in total. The number of piperidine rings is 1. The highest BCUT2D eigenvalue weighted by Crippen LogP contribution is 2.55. The summed E-state index contributed by atoms with van der Waals surface area (Å²) in [6.07, 6.45) is -0.112. The molecule has 4 aliphatic heterocycles. The Balaban J connectivity index is 0.833. The average molecular weight is 796 g/mol. The summed E-state index contributed by atoms with van der Waals surface area (Å²) in [5.41, 5.74) is 1.40. The van der Waals surface area contributed by atoms with Crippen LogP contribution in [0.2, 0.25) is 5.02 Å². The second-order valence-corrected chi connectivity index (χ2v) is 17.1. The topological polar surface area (TPSA) is 155 Å². The van der Waals surface area contributed by atoms with Crippen LogP contribution >= 0.6 is 11.6 Å². The van der Waals surface area contributed by atoms with E-state index in [4.69, 9.17) is 16.3 Å². The lowest BCUT2D eigenvalue weighted by molar-refractivity contribution is -0.164. The molecule has 1 atom stereocenters. The van der Waals surface area contributed by atoms with Crippen molar-refractivity contribution in [1.82, 2.24) is 20.4 Å². The van der Waals surface area contributed by atoms with Gasteiger partial charge < -0.3 is 19.9 Å². The van der Waals surface area contributed by atoms with E-state index in [0.717, 1.165) is 36.8 Å². The summed E-state index contributed by atoms with van der Waals surface area (Å²) in [6.45, 7) is 12.4. The zero-order chi connectivity index (χ0) is 40.6. The van der Waals surface area contributed by atoms with Gasteiger partial charge in [-0.3, -0.25) is 39.1 Å². The molecule has 0 spiro atoms. The Hall–Kier alpha value is -5.52. The van der Waals surface area contributed by atoms with E-state index in [2.05, 4.69) is 25.3 Å². The maximum Gasteiger partial charge on any atom is 0.262 e. The predicted molar refractivity (Wildman–Crippen MR) is 209 cm³/mol. The minimum atomic E-state index is -1.00. The Morgan fingerprint density at radius 3 is 2.21 bits per heavy atom. The van der Waals surface area contributed by atoms with Gasteiger partial charge in [-0.2, -0.15) is 5.26 Å². The van der Waals surface area contributed by atoms with E-state index in [1.54, 1.807) is 42.5 Å². The van der Waals surface area contributed by atoms with E-state index < -0.39 is 52.2 Å². The van der Waals surface area contributed by atoms with E-state index in [1.165, 1.54) is 6.07 Å². The van der Waals surface area contributed by atoms with E-state index in [9.17, 15) is 29.2 Å². The molecule has 1 saturated carbocycles. The van der Waals surface area contributed by atoms with Crippen molar-refractivity contribution < 1.29 is 33.1 Å². The molecule has 1 unspecified atom stereocenters. The fourth-order valence-electron chi connectivity index (χ4n) is 9.59. The number of nitrogens with zero attached hydrogens (tertiary/aromatic N) is 5. The van der Waals surface area contributed by atoms with Crippen molar-refractivity contribution in [2.24, 2.45) is 10.8 Å². The monoisotopic (exact) mass is 795 g/mol. The summed E-state index contributed by atoms with van der Waals surface area (Å²) in [7, 11) is 0. The summed E-state index contributed by atoms with van der Waals surface area (Å²) in [5, 5.41) is 14.8. The molecule has 296 valence electrons. The number of amides is 5. The molecule has 5 aliphatic rings. The van der Waals surface area contributed by atoms with Gasteiger partial charge in [0.2, 0.25) is 11.8 Å². The van der Waals surface area contributed by atoms with Crippen LogP contribution in [0.5, 0.6) is 5.75 Å². The molecule has 3 aromatic rings. The Morgan fingerprint density at radius 1 is 0.895 bits per heavy atom. The first kappa shape index (κ1) is 38.4. The normalized spacial score (nSPS) is 24.3. The number of imide groups is 2. The average Bonchev–Trinajstić information content (AvgIpc) is 3.40. The molecule has 0 aromatic heterocycles. The highest BCUT2D eigenvalue weighted by molar-refractivity contribution is 6.31. The SMILES string of the molecule is CC1(C)C(NC(=O)c2ccc(N3CCN(C4CN(c5ccc6c(c5)C(=O)N(C5CCC(=O)NC5=O)C6=O)C4)CC3)cc2F)C(C)(C)C1Oc1ccc(C#N)c(Cl)c1. The first-order chi connectivity index (χ1) is 27.1. The Labute approximate surface area is 334 Å². The first-order valence-electron chi connectivity index (χ1n) is 19.1. The number of ether oxygens (including phenoxy) is 1. The number of nitriles is 1. The van der Waals surface area contributed by atoms with Gasteiger partial charge in [-0.25, -0.2) is 4.39 Å². The highest BCUT2D eigenvalue weighted by Gasteiger charge is 2.64. The van der Waals surface area contributed by atoms with E-state index in [1.807, 2.05) is 39.8 Å². The number of fused-ring (bicyclic) bond motifs is 1. The first-order valence-corrected chi connectivity index (χ1v) is 19.5. The van der Waals surface area contributed by atoms with Crippen LogP contribution in [0.25, 0.3) is 0 Å². The van der Waals surface area contributed by atoms with Gasteiger partial charge in [-0.15, -0.1) is 0 Å². The zero-order valence-electron chi connectivity index (χ0n) is 32.1. The van der Waals surface area contributed by atoms with Crippen LogP contribution in [0.15, 0.2) is 54.6 Å². The fourth-order valence-corrected chi connectivity index (χ4v) is 9.80. The number of carbonyl (C=O) groups excluding carboxylic acids is 5. The van der Waals surface area contributed by atoms with Crippen molar-refractivity contribution in [2.75, 3.05) is 49.1 Å². The van der Waals surface area contributed by atoms with E-state index >= 15 is 4.39 Å². The fraction of sp³-hybridized carbons (Fsp3) is 0.429. The number of hydrogen-bond donors (Lipinski definition) is 2. The van der Waals surface area contributed by atoms with Crippen molar-refractivity contribution in [1.29, 1.82) is 5.26 Å². The molecule has 0 radical (unpaired) electrons. The van der Waals surface area contributed by atoms with Crippen molar-refractivity contribution in [3.8, 4) is 11.8 Å². The third-order valence-electron chi connectivity index (χ3n) is 12.5. The molecule has 15 heteroatoms. The van der Waals surface area contributed by atoms with Gasteiger partial charge in [0.15, 0.2) is 0 Å². The molecule has 3 saturated heterocycles. The zero-order valence-corrected chi connectivity index (χ0v) is 32.9. The van der Waals surface area contributed by atoms with Crippen LogP contribution in [0, 0.1) is 28.0 Å². The Morgan fingerprint density at radius 2 is 1.56 bits per heavy atom. The van der Waals surface area contributed by atoms with Crippen molar-refractivity contribution >= 4 is 52.5 Å². The molecule has 57 heavy (non-hydrogen) atoms. The minimum absolute atomic E-state index is 0.0249. The molecule has 8 rings (SSSR count). The lowest BCUT2D eigenvalue weighted by Crippen LogP contribution is -2.74. The molecular weight excluding hydrogens is 753 g/mol. The number of carbonyl (C=O) groups is 5. The second kappa shape index (κ2) is 14.1. The molecular formula is C42H43ClFN7O6.